The number of hydrogen-bond acceptors (Lipinski definition) is 2. The Bertz CT molecular complexity index is 386. The van der Waals surface area contributed by atoms with E-state index < -0.39 is 6.10 Å². The van der Waals surface area contributed by atoms with Gasteiger partial charge in [-0.15, -0.1) is 0 Å². The maximum atomic E-state index is 11.6. The van der Waals surface area contributed by atoms with Crippen molar-refractivity contribution < 1.29 is 9.53 Å². The fourth-order valence-electron chi connectivity index (χ4n) is 0.993. The van der Waals surface area contributed by atoms with Crippen molar-refractivity contribution in [1.29, 1.82) is 0 Å². The van der Waals surface area contributed by atoms with Gasteiger partial charge in [0.15, 0.2) is 0 Å². The molecule has 1 amide bonds. The smallest absolute Gasteiger partial charge is 0.253 e. The summed E-state index contributed by atoms with van der Waals surface area (Å²) >= 11 is 10.1. The quantitative estimate of drug-likeness (QED) is 0.811. The Morgan fingerprint density at radius 3 is 2.25 bits per heavy atom. The van der Waals surface area contributed by atoms with Gasteiger partial charge < -0.3 is 10.1 Å². The van der Waals surface area contributed by atoms with E-state index in [0.29, 0.717) is 5.69 Å². The highest BCUT2D eigenvalue weighted by atomic mass is 79.9. The number of amides is 1. The molecule has 1 N–H and O–H groups in total. The minimum absolute atomic E-state index is 0.189. The number of nitrogens with one attached hydrogen (secondary N) is 1. The summed E-state index contributed by atoms with van der Waals surface area (Å²) in [4.78, 5) is 11.6. The van der Waals surface area contributed by atoms with Gasteiger partial charge in [0.25, 0.3) is 5.91 Å². The van der Waals surface area contributed by atoms with Gasteiger partial charge in [-0.3, -0.25) is 4.79 Å². The molecule has 0 aliphatic heterocycles. The van der Waals surface area contributed by atoms with Crippen LogP contribution in [0.4, 0.5) is 5.69 Å². The number of halogens is 3. The molecule has 1 unspecified atom stereocenters. The molecule has 0 aromatic heterocycles. The van der Waals surface area contributed by atoms with Crippen LogP contribution in [0.2, 0.25) is 0 Å². The zero-order valence-electron chi connectivity index (χ0n) is 8.68. The van der Waals surface area contributed by atoms with Crippen LogP contribution in [0, 0.1) is 0 Å². The average molecular weight is 416 g/mol. The molecule has 1 rings (SSSR count). The van der Waals surface area contributed by atoms with Gasteiger partial charge in [-0.25, -0.2) is 0 Å². The van der Waals surface area contributed by atoms with Crippen molar-refractivity contribution in [3.05, 3.63) is 25.6 Å². The van der Waals surface area contributed by atoms with Crippen molar-refractivity contribution in [3.63, 3.8) is 0 Å². The second-order valence-corrected chi connectivity index (χ2v) is 5.74. The van der Waals surface area contributed by atoms with E-state index in [-0.39, 0.29) is 5.91 Å². The molecule has 0 saturated heterocycles. The zero-order valence-corrected chi connectivity index (χ0v) is 13.4. The summed E-state index contributed by atoms with van der Waals surface area (Å²) in [7, 11) is 1.50. The van der Waals surface area contributed by atoms with E-state index in [2.05, 4.69) is 53.1 Å². The molecule has 0 spiro atoms. The van der Waals surface area contributed by atoms with Crippen LogP contribution in [0.5, 0.6) is 0 Å². The van der Waals surface area contributed by atoms with E-state index in [9.17, 15) is 4.79 Å². The zero-order chi connectivity index (χ0) is 12.3. The Morgan fingerprint density at radius 2 is 1.81 bits per heavy atom. The van der Waals surface area contributed by atoms with Crippen molar-refractivity contribution in [2.24, 2.45) is 0 Å². The number of methoxy groups -OCH3 is 1. The third-order valence-corrected chi connectivity index (χ3v) is 3.69. The molecule has 0 bridgehead atoms. The largest absolute Gasteiger partial charge is 0.372 e. The molecule has 88 valence electrons. The number of rotatable bonds is 3. The topological polar surface area (TPSA) is 38.3 Å². The minimum atomic E-state index is -0.484. The van der Waals surface area contributed by atoms with E-state index in [4.69, 9.17) is 4.74 Å². The Morgan fingerprint density at radius 1 is 1.31 bits per heavy atom. The molecule has 0 saturated carbocycles. The summed E-state index contributed by atoms with van der Waals surface area (Å²) in [6.45, 7) is 1.69. The Kier molecular flexibility index (Phi) is 5.43. The van der Waals surface area contributed by atoms with Crippen LogP contribution < -0.4 is 5.32 Å². The SMILES string of the molecule is COC(C)C(=O)Nc1c(Br)cc(Br)cc1Br. The molecular weight excluding hydrogens is 406 g/mol. The van der Waals surface area contributed by atoms with Crippen LogP contribution in [0.3, 0.4) is 0 Å². The third-order valence-electron chi connectivity index (χ3n) is 1.98. The molecule has 0 radical (unpaired) electrons. The van der Waals surface area contributed by atoms with Crippen molar-refractivity contribution >= 4 is 59.4 Å². The van der Waals surface area contributed by atoms with Crippen LogP contribution >= 0.6 is 47.8 Å². The van der Waals surface area contributed by atoms with Crippen molar-refractivity contribution in [2.75, 3.05) is 12.4 Å². The fourth-order valence-corrected chi connectivity index (χ4v) is 3.45. The van der Waals surface area contributed by atoms with E-state index >= 15 is 0 Å². The van der Waals surface area contributed by atoms with Crippen molar-refractivity contribution in [1.82, 2.24) is 0 Å². The summed E-state index contributed by atoms with van der Waals surface area (Å²) in [6, 6.07) is 3.72. The second kappa shape index (κ2) is 6.14. The molecule has 0 aliphatic rings. The van der Waals surface area contributed by atoms with E-state index in [1.165, 1.54) is 7.11 Å². The van der Waals surface area contributed by atoms with Gasteiger partial charge in [0.1, 0.15) is 6.10 Å². The van der Waals surface area contributed by atoms with Gasteiger partial charge in [0.2, 0.25) is 0 Å². The van der Waals surface area contributed by atoms with Gasteiger partial charge in [-0.1, -0.05) is 15.9 Å². The number of benzene rings is 1. The molecule has 0 heterocycles. The highest BCUT2D eigenvalue weighted by molar-refractivity contribution is 9.11. The summed E-state index contributed by atoms with van der Waals surface area (Å²) in [5, 5.41) is 2.78. The first-order valence-electron chi connectivity index (χ1n) is 4.44. The summed E-state index contributed by atoms with van der Waals surface area (Å²) < 4.78 is 7.45. The van der Waals surface area contributed by atoms with Gasteiger partial charge in [0.05, 0.1) is 5.69 Å². The Labute approximate surface area is 119 Å². The second-order valence-electron chi connectivity index (χ2n) is 3.11. The highest BCUT2D eigenvalue weighted by Crippen LogP contribution is 2.34. The summed E-state index contributed by atoms with van der Waals surface area (Å²) in [6.07, 6.45) is -0.484. The van der Waals surface area contributed by atoms with Crippen molar-refractivity contribution in [3.8, 4) is 0 Å². The molecule has 0 fully saturated rings. The van der Waals surface area contributed by atoms with Gasteiger partial charge in [0, 0.05) is 20.5 Å². The summed E-state index contributed by atoms with van der Waals surface area (Å²) in [5.41, 5.74) is 0.692. The highest BCUT2D eigenvalue weighted by Gasteiger charge is 2.15. The van der Waals surface area contributed by atoms with E-state index in [1.807, 2.05) is 12.1 Å². The first-order valence-corrected chi connectivity index (χ1v) is 6.81. The van der Waals surface area contributed by atoms with Gasteiger partial charge in [-0.2, -0.15) is 0 Å². The molecule has 3 nitrogen and oxygen atoms in total. The lowest BCUT2D eigenvalue weighted by atomic mass is 10.3. The van der Waals surface area contributed by atoms with Crippen LogP contribution in [0.15, 0.2) is 25.6 Å². The molecule has 1 aromatic rings. The Hall–Kier alpha value is 0.0900. The predicted molar refractivity (Wildman–Crippen MR) is 74.6 cm³/mol. The molecule has 1 atom stereocenters. The fraction of sp³-hybridized carbons (Fsp3) is 0.300. The molecular formula is C10H10Br3NO2. The predicted octanol–water partition coefficient (Wildman–Crippen LogP) is 3.95. The Balaban J connectivity index is 2.93. The lowest BCUT2D eigenvalue weighted by Crippen LogP contribution is -2.26. The van der Waals surface area contributed by atoms with Crippen LogP contribution in [-0.4, -0.2) is 19.1 Å². The lowest BCUT2D eigenvalue weighted by molar-refractivity contribution is -0.124. The van der Waals surface area contributed by atoms with Gasteiger partial charge >= 0.3 is 0 Å². The van der Waals surface area contributed by atoms with Gasteiger partial charge in [-0.05, 0) is 50.9 Å². The monoisotopic (exact) mass is 413 g/mol. The number of carbonyl (C=O) groups is 1. The van der Waals surface area contributed by atoms with Crippen LogP contribution in [0.1, 0.15) is 6.92 Å². The number of hydrogen-bond donors (Lipinski definition) is 1. The molecule has 0 aliphatic carbocycles. The lowest BCUT2D eigenvalue weighted by Gasteiger charge is -2.13. The van der Waals surface area contributed by atoms with Crippen LogP contribution in [-0.2, 0) is 9.53 Å². The van der Waals surface area contributed by atoms with E-state index in [0.717, 1.165) is 13.4 Å². The maximum Gasteiger partial charge on any atom is 0.253 e. The maximum absolute atomic E-state index is 11.6. The number of ether oxygens (including phenoxy) is 1. The molecule has 1 aromatic carbocycles. The summed E-state index contributed by atoms with van der Waals surface area (Å²) in [5.74, 6) is -0.189. The molecule has 16 heavy (non-hydrogen) atoms. The van der Waals surface area contributed by atoms with Crippen LogP contribution in [0.25, 0.3) is 0 Å². The number of anilines is 1. The standard InChI is InChI=1S/C10H10Br3NO2/c1-5(16-2)10(15)14-9-7(12)3-6(11)4-8(9)13/h3-5H,1-2H3,(H,14,15). The third kappa shape index (κ3) is 3.55. The molecule has 6 heteroatoms. The normalized spacial score (nSPS) is 12.3. The first-order chi connectivity index (χ1) is 7.45. The minimum Gasteiger partial charge on any atom is -0.372 e. The average Bonchev–Trinajstić information content (AvgIpc) is 2.21. The van der Waals surface area contributed by atoms with E-state index in [1.54, 1.807) is 6.92 Å². The first kappa shape index (κ1) is 14.2. The number of carbonyl (C=O) groups excluding carboxylic acids is 1. The van der Waals surface area contributed by atoms with Crippen molar-refractivity contribution in [2.45, 2.75) is 13.0 Å².